The molecule has 2 rings (SSSR count). The highest BCUT2D eigenvalue weighted by molar-refractivity contribution is 5.34. The molecule has 1 fully saturated rings. The number of ether oxygens (including phenoxy) is 1. The lowest BCUT2D eigenvalue weighted by molar-refractivity contribution is 0.0344. The van der Waals surface area contributed by atoms with Gasteiger partial charge in [0, 0.05) is 5.56 Å². The van der Waals surface area contributed by atoms with E-state index in [0.717, 1.165) is 5.56 Å². The van der Waals surface area contributed by atoms with E-state index in [2.05, 4.69) is 11.8 Å². The van der Waals surface area contributed by atoms with E-state index in [1.165, 1.54) is 0 Å². The minimum Gasteiger partial charge on any atom is -0.387 e. The molecule has 2 unspecified atom stereocenters. The van der Waals surface area contributed by atoms with E-state index in [9.17, 15) is 10.2 Å². The van der Waals surface area contributed by atoms with Crippen LogP contribution in [0.5, 0.6) is 0 Å². The topological polar surface area (TPSA) is 53.0 Å². The van der Waals surface area contributed by atoms with Crippen LogP contribution in [0.3, 0.4) is 0 Å². The molecule has 78 valence electrons. The molecule has 1 aromatic rings. The Morgan fingerprint density at radius 3 is 2.53 bits per heavy atom. The largest absolute Gasteiger partial charge is 0.387 e. The SMILES string of the molecule is OC(C1CO1)[C@H](O)C#Cc1ccccc1. The maximum atomic E-state index is 9.49. The van der Waals surface area contributed by atoms with Crippen LogP contribution in [0.4, 0.5) is 0 Å². The Morgan fingerprint density at radius 1 is 1.27 bits per heavy atom. The molecule has 2 N–H and O–H groups in total. The molecule has 0 bridgehead atoms. The molecule has 1 saturated heterocycles. The molecule has 3 heteroatoms. The Kier molecular flexibility index (Phi) is 3.02. The summed E-state index contributed by atoms with van der Waals surface area (Å²) in [4.78, 5) is 0. The van der Waals surface area contributed by atoms with Crippen molar-refractivity contribution in [2.75, 3.05) is 6.61 Å². The number of benzene rings is 1. The van der Waals surface area contributed by atoms with Gasteiger partial charge in [-0.2, -0.15) is 0 Å². The van der Waals surface area contributed by atoms with Crippen molar-refractivity contribution < 1.29 is 14.9 Å². The Bertz CT molecular complexity index is 373. The first kappa shape index (κ1) is 10.2. The molecule has 0 aromatic heterocycles. The molecule has 0 aliphatic carbocycles. The molecule has 15 heavy (non-hydrogen) atoms. The first-order valence-corrected chi connectivity index (χ1v) is 4.82. The van der Waals surface area contributed by atoms with E-state index in [1.54, 1.807) is 0 Å². The van der Waals surface area contributed by atoms with Crippen molar-refractivity contribution in [3.8, 4) is 11.8 Å². The van der Waals surface area contributed by atoms with Crippen LogP contribution in [0.1, 0.15) is 5.56 Å². The van der Waals surface area contributed by atoms with Gasteiger partial charge in [0.2, 0.25) is 0 Å². The third-order valence-corrected chi connectivity index (χ3v) is 2.20. The number of aliphatic hydroxyl groups is 2. The molecule has 0 spiro atoms. The second-order valence-corrected chi connectivity index (χ2v) is 3.44. The van der Waals surface area contributed by atoms with Crippen LogP contribution in [0, 0.1) is 11.8 Å². The maximum Gasteiger partial charge on any atom is 0.143 e. The van der Waals surface area contributed by atoms with Crippen molar-refractivity contribution in [1.29, 1.82) is 0 Å². The van der Waals surface area contributed by atoms with Gasteiger partial charge in [0.1, 0.15) is 18.3 Å². The zero-order chi connectivity index (χ0) is 10.7. The predicted molar refractivity (Wildman–Crippen MR) is 55.1 cm³/mol. The van der Waals surface area contributed by atoms with Crippen LogP contribution in [-0.2, 0) is 4.74 Å². The summed E-state index contributed by atoms with van der Waals surface area (Å²) in [6.07, 6.45) is -2.19. The molecule has 0 radical (unpaired) electrons. The van der Waals surface area contributed by atoms with Crippen molar-refractivity contribution in [3.63, 3.8) is 0 Å². The van der Waals surface area contributed by atoms with E-state index in [-0.39, 0.29) is 6.10 Å². The molecule has 0 amide bonds. The van der Waals surface area contributed by atoms with Gasteiger partial charge in [-0.3, -0.25) is 0 Å². The Morgan fingerprint density at radius 2 is 1.93 bits per heavy atom. The van der Waals surface area contributed by atoms with E-state index in [0.29, 0.717) is 6.61 Å². The zero-order valence-electron chi connectivity index (χ0n) is 8.13. The summed E-state index contributed by atoms with van der Waals surface area (Å²) in [7, 11) is 0. The smallest absolute Gasteiger partial charge is 0.143 e. The van der Waals surface area contributed by atoms with Crippen molar-refractivity contribution in [2.24, 2.45) is 0 Å². The van der Waals surface area contributed by atoms with Crippen molar-refractivity contribution in [2.45, 2.75) is 18.3 Å². The van der Waals surface area contributed by atoms with Crippen molar-refractivity contribution in [1.82, 2.24) is 0 Å². The fraction of sp³-hybridized carbons (Fsp3) is 0.333. The van der Waals surface area contributed by atoms with Crippen LogP contribution in [-0.4, -0.2) is 35.1 Å². The lowest BCUT2D eigenvalue weighted by Crippen LogP contribution is -2.29. The van der Waals surface area contributed by atoms with Gasteiger partial charge in [0.25, 0.3) is 0 Å². The average Bonchev–Trinajstić information content (AvgIpc) is 3.10. The molecule has 3 nitrogen and oxygen atoms in total. The van der Waals surface area contributed by atoms with Gasteiger partial charge >= 0.3 is 0 Å². The summed E-state index contributed by atoms with van der Waals surface area (Å²) in [6.45, 7) is 0.505. The summed E-state index contributed by atoms with van der Waals surface area (Å²) in [5.41, 5.74) is 0.820. The number of rotatable bonds is 2. The molecule has 3 atom stereocenters. The standard InChI is InChI=1S/C12H12O3/c13-10(12(14)11-8-15-11)7-6-9-4-2-1-3-5-9/h1-5,10-14H,8H2/t10-,11?,12?/m1/s1. The Hall–Kier alpha value is -1.34. The van der Waals surface area contributed by atoms with Crippen LogP contribution in [0.25, 0.3) is 0 Å². The van der Waals surface area contributed by atoms with Gasteiger partial charge in [-0.15, -0.1) is 0 Å². The van der Waals surface area contributed by atoms with E-state index in [4.69, 9.17) is 4.74 Å². The monoisotopic (exact) mass is 204 g/mol. The lowest BCUT2D eigenvalue weighted by Gasteiger charge is -2.08. The normalized spacial score (nSPS) is 22.4. The molecular weight excluding hydrogens is 192 g/mol. The van der Waals surface area contributed by atoms with Gasteiger partial charge < -0.3 is 14.9 Å². The van der Waals surface area contributed by atoms with Crippen LogP contribution in [0.2, 0.25) is 0 Å². The molecule has 1 heterocycles. The number of epoxide rings is 1. The van der Waals surface area contributed by atoms with Gasteiger partial charge in [0.05, 0.1) is 6.61 Å². The van der Waals surface area contributed by atoms with Crippen LogP contribution >= 0.6 is 0 Å². The summed E-state index contributed by atoms with van der Waals surface area (Å²) in [5.74, 6) is 5.39. The number of aliphatic hydroxyl groups excluding tert-OH is 2. The third-order valence-electron chi connectivity index (χ3n) is 2.20. The second-order valence-electron chi connectivity index (χ2n) is 3.44. The van der Waals surface area contributed by atoms with Crippen LogP contribution in [0.15, 0.2) is 30.3 Å². The highest BCUT2D eigenvalue weighted by Gasteiger charge is 2.35. The highest BCUT2D eigenvalue weighted by atomic mass is 16.6. The first-order valence-electron chi connectivity index (χ1n) is 4.82. The van der Waals surface area contributed by atoms with Gasteiger partial charge in [-0.1, -0.05) is 30.0 Å². The summed E-state index contributed by atoms with van der Waals surface area (Å²) in [6, 6.07) is 9.33. The highest BCUT2D eigenvalue weighted by Crippen LogP contribution is 2.16. The lowest BCUT2D eigenvalue weighted by atomic mass is 10.1. The summed E-state index contributed by atoms with van der Waals surface area (Å²) < 4.78 is 4.87. The van der Waals surface area contributed by atoms with Gasteiger partial charge in [-0.25, -0.2) is 0 Å². The quantitative estimate of drug-likeness (QED) is 0.533. The van der Waals surface area contributed by atoms with Crippen molar-refractivity contribution in [3.05, 3.63) is 35.9 Å². The second kappa shape index (κ2) is 4.45. The average molecular weight is 204 g/mol. The summed E-state index contributed by atoms with van der Waals surface area (Å²) in [5, 5.41) is 18.9. The fourth-order valence-corrected chi connectivity index (χ4v) is 1.22. The van der Waals surface area contributed by atoms with Gasteiger partial charge in [0.15, 0.2) is 0 Å². The van der Waals surface area contributed by atoms with E-state index >= 15 is 0 Å². The van der Waals surface area contributed by atoms with E-state index < -0.39 is 12.2 Å². The molecule has 1 aliphatic heterocycles. The van der Waals surface area contributed by atoms with Crippen molar-refractivity contribution >= 4 is 0 Å². The molecule has 0 saturated carbocycles. The third kappa shape index (κ3) is 2.80. The van der Waals surface area contributed by atoms with Crippen LogP contribution < -0.4 is 0 Å². The fourth-order valence-electron chi connectivity index (χ4n) is 1.22. The molecular formula is C12H12O3. The molecule has 1 aromatic carbocycles. The maximum absolute atomic E-state index is 9.49. The first-order chi connectivity index (χ1) is 7.27. The minimum absolute atomic E-state index is 0.245. The summed E-state index contributed by atoms with van der Waals surface area (Å²) >= 11 is 0. The van der Waals surface area contributed by atoms with Gasteiger partial charge in [-0.05, 0) is 12.1 Å². The number of hydrogen-bond acceptors (Lipinski definition) is 3. The number of hydrogen-bond donors (Lipinski definition) is 2. The molecule has 1 aliphatic rings. The Balaban J connectivity index is 1.98. The van der Waals surface area contributed by atoms with E-state index in [1.807, 2.05) is 30.3 Å². The predicted octanol–water partition coefficient (Wildman–Crippen LogP) is 0.159. The zero-order valence-corrected chi connectivity index (χ0v) is 8.13. The Labute approximate surface area is 88.3 Å². The minimum atomic E-state index is -1.04.